The van der Waals surface area contributed by atoms with Crippen molar-refractivity contribution in [2.75, 3.05) is 6.61 Å². The number of nitrogens with zero attached hydrogens (tertiary/aromatic N) is 3. The molecule has 7 nitrogen and oxygen atoms in total. The van der Waals surface area contributed by atoms with Crippen molar-refractivity contribution >= 4 is 17.6 Å². The smallest absolute Gasteiger partial charge is 0.315 e. The topological polar surface area (TPSA) is 81.1 Å². The van der Waals surface area contributed by atoms with Gasteiger partial charge in [0.05, 0.1) is 18.5 Å². The van der Waals surface area contributed by atoms with Gasteiger partial charge in [-0.25, -0.2) is 14.5 Å². The molecule has 146 valence electrons. The van der Waals surface area contributed by atoms with Gasteiger partial charge in [-0.1, -0.05) is 24.6 Å². The average Bonchev–Trinajstić information content (AvgIpc) is 3.19. The number of hydrogen-bond acceptors (Lipinski definition) is 4. The quantitative estimate of drug-likeness (QED) is 0.605. The van der Waals surface area contributed by atoms with Gasteiger partial charge in [0, 0.05) is 42.1 Å². The van der Waals surface area contributed by atoms with Crippen LogP contribution in [0.4, 0.5) is 4.79 Å². The third-order valence-corrected chi connectivity index (χ3v) is 4.14. The highest BCUT2D eigenvalue weighted by Gasteiger charge is 2.05. The number of ether oxygens (including phenoxy) is 1. The first kappa shape index (κ1) is 19.7. The van der Waals surface area contributed by atoms with Crippen LogP contribution < -0.4 is 15.4 Å². The molecule has 1 aromatic carbocycles. The van der Waals surface area contributed by atoms with Crippen LogP contribution in [-0.2, 0) is 13.1 Å². The first-order valence-electron chi connectivity index (χ1n) is 9.03. The second-order valence-electron chi connectivity index (χ2n) is 6.16. The van der Waals surface area contributed by atoms with Gasteiger partial charge in [-0.05, 0) is 36.2 Å². The molecule has 3 rings (SSSR count). The third kappa shape index (κ3) is 5.72. The lowest BCUT2D eigenvalue weighted by atomic mass is 10.3. The zero-order valence-corrected chi connectivity index (χ0v) is 16.3. The summed E-state index contributed by atoms with van der Waals surface area (Å²) >= 11 is 5.90. The molecule has 0 unspecified atom stereocenters. The molecule has 2 amide bonds. The van der Waals surface area contributed by atoms with Crippen LogP contribution in [0.5, 0.6) is 5.88 Å². The van der Waals surface area contributed by atoms with Crippen LogP contribution in [0.3, 0.4) is 0 Å². The molecular formula is C20H22ClN5O2. The van der Waals surface area contributed by atoms with Crippen molar-refractivity contribution in [2.24, 2.45) is 0 Å². The number of halogens is 1. The minimum Gasteiger partial charge on any atom is -0.478 e. The Kier molecular flexibility index (Phi) is 6.86. The van der Waals surface area contributed by atoms with E-state index in [1.54, 1.807) is 35.3 Å². The second-order valence-corrected chi connectivity index (χ2v) is 6.60. The maximum absolute atomic E-state index is 12.0. The fourth-order valence-corrected chi connectivity index (χ4v) is 2.55. The molecule has 2 aromatic heterocycles. The molecule has 8 heteroatoms. The van der Waals surface area contributed by atoms with Gasteiger partial charge in [0.15, 0.2) is 0 Å². The molecular weight excluding hydrogens is 378 g/mol. The van der Waals surface area contributed by atoms with E-state index in [2.05, 4.69) is 20.7 Å². The Hall–Kier alpha value is -3.06. The minimum absolute atomic E-state index is 0.259. The maximum atomic E-state index is 12.0. The molecule has 0 saturated heterocycles. The van der Waals surface area contributed by atoms with Crippen LogP contribution in [-0.4, -0.2) is 27.4 Å². The Labute approximate surface area is 168 Å². The summed E-state index contributed by atoms with van der Waals surface area (Å²) in [5.74, 6) is 0.591. The highest BCUT2D eigenvalue weighted by molar-refractivity contribution is 6.30. The van der Waals surface area contributed by atoms with E-state index in [1.807, 2.05) is 31.3 Å². The molecule has 2 heterocycles. The van der Waals surface area contributed by atoms with Gasteiger partial charge in [-0.3, -0.25) is 0 Å². The molecule has 0 bridgehead atoms. The standard InChI is InChI=1S/C20H22ClN5O2/c1-2-9-28-19-8-3-15(10-22-19)11-23-20(27)24-12-16-13-25-26(14-16)18-6-4-17(21)5-7-18/h3-8,10,13-14H,2,9,11-12H2,1H3,(H2,23,24,27). The number of carbonyl (C=O) groups excluding carboxylic acids is 1. The van der Waals surface area contributed by atoms with Crippen molar-refractivity contribution in [2.45, 2.75) is 26.4 Å². The van der Waals surface area contributed by atoms with Gasteiger partial charge in [-0.2, -0.15) is 5.10 Å². The van der Waals surface area contributed by atoms with Gasteiger partial charge >= 0.3 is 6.03 Å². The maximum Gasteiger partial charge on any atom is 0.315 e. The van der Waals surface area contributed by atoms with Crippen molar-refractivity contribution in [1.29, 1.82) is 0 Å². The summed E-state index contributed by atoms with van der Waals surface area (Å²) in [6.45, 7) is 3.44. The molecule has 28 heavy (non-hydrogen) atoms. The summed E-state index contributed by atoms with van der Waals surface area (Å²) in [4.78, 5) is 16.2. The highest BCUT2D eigenvalue weighted by atomic mass is 35.5. The molecule has 0 saturated carbocycles. The van der Waals surface area contributed by atoms with Gasteiger partial charge in [0.1, 0.15) is 0 Å². The van der Waals surface area contributed by atoms with E-state index in [9.17, 15) is 4.79 Å². The van der Waals surface area contributed by atoms with E-state index >= 15 is 0 Å². The fourth-order valence-electron chi connectivity index (χ4n) is 2.42. The normalized spacial score (nSPS) is 10.5. The Balaban J connectivity index is 1.44. The summed E-state index contributed by atoms with van der Waals surface area (Å²) in [6.07, 6.45) is 6.21. The molecule has 0 spiro atoms. The van der Waals surface area contributed by atoms with Crippen molar-refractivity contribution < 1.29 is 9.53 Å². The van der Waals surface area contributed by atoms with Crippen molar-refractivity contribution in [3.8, 4) is 11.6 Å². The lowest BCUT2D eigenvalue weighted by molar-refractivity contribution is 0.240. The van der Waals surface area contributed by atoms with E-state index < -0.39 is 0 Å². The number of carbonyl (C=O) groups is 1. The van der Waals surface area contributed by atoms with E-state index in [1.165, 1.54) is 0 Å². The summed E-state index contributed by atoms with van der Waals surface area (Å²) in [7, 11) is 0. The number of pyridine rings is 1. The summed E-state index contributed by atoms with van der Waals surface area (Å²) in [5.41, 5.74) is 2.69. The molecule has 0 aliphatic heterocycles. The number of benzene rings is 1. The number of aromatic nitrogens is 3. The number of nitrogens with one attached hydrogen (secondary N) is 2. The molecule has 0 fully saturated rings. The largest absolute Gasteiger partial charge is 0.478 e. The number of urea groups is 1. The summed E-state index contributed by atoms with van der Waals surface area (Å²) in [6, 6.07) is 10.8. The molecule has 3 aromatic rings. The lowest BCUT2D eigenvalue weighted by Crippen LogP contribution is -2.34. The predicted octanol–water partition coefficient (Wildman–Crippen LogP) is 3.71. The zero-order chi connectivity index (χ0) is 19.8. The van der Waals surface area contributed by atoms with Crippen LogP contribution in [0.15, 0.2) is 55.0 Å². The number of amides is 2. The van der Waals surface area contributed by atoms with Crippen LogP contribution >= 0.6 is 11.6 Å². The Morgan fingerprint density at radius 1 is 1.07 bits per heavy atom. The SMILES string of the molecule is CCCOc1ccc(CNC(=O)NCc2cnn(-c3ccc(Cl)cc3)c2)cn1. The van der Waals surface area contributed by atoms with Crippen LogP contribution in [0.25, 0.3) is 5.69 Å². The van der Waals surface area contributed by atoms with E-state index in [0.29, 0.717) is 30.6 Å². The van der Waals surface area contributed by atoms with Gasteiger partial charge < -0.3 is 15.4 Å². The molecule has 0 radical (unpaired) electrons. The van der Waals surface area contributed by atoms with E-state index in [4.69, 9.17) is 16.3 Å². The molecule has 0 aliphatic carbocycles. The van der Waals surface area contributed by atoms with Gasteiger partial charge in [0.25, 0.3) is 0 Å². The fraction of sp³-hybridized carbons (Fsp3) is 0.250. The summed E-state index contributed by atoms with van der Waals surface area (Å²) < 4.78 is 7.17. The van der Waals surface area contributed by atoms with E-state index in [0.717, 1.165) is 23.2 Å². The molecule has 0 atom stereocenters. The third-order valence-electron chi connectivity index (χ3n) is 3.89. The van der Waals surface area contributed by atoms with Crippen molar-refractivity contribution in [3.63, 3.8) is 0 Å². The van der Waals surface area contributed by atoms with Crippen molar-refractivity contribution in [1.82, 2.24) is 25.4 Å². The summed E-state index contributed by atoms with van der Waals surface area (Å²) in [5, 5.41) is 10.6. The first-order chi connectivity index (χ1) is 13.6. The lowest BCUT2D eigenvalue weighted by Gasteiger charge is -2.08. The monoisotopic (exact) mass is 399 g/mol. The Bertz CT molecular complexity index is 894. The highest BCUT2D eigenvalue weighted by Crippen LogP contribution is 2.13. The second kappa shape index (κ2) is 9.75. The number of rotatable bonds is 8. The Morgan fingerprint density at radius 2 is 1.82 bits per heavy atom. The minimum atomic E-state index is -0.259. The van der Waals surface area contributed by atoms with Crippen molar-refractivity contribution in [3.05, 3.63) is 71.1 Å². The number of hydrogen-bond donors (Lipinski definition) is 2. The van der Waals surface area contributed by atoms with E-state index in [-0.39, 0.29) is 6.03 Å². The van der Waals surface area contributed by atoms with Crippen LogP contribution in [0.2, 0.25) is 5.02 Å². The average molecular weight is 400 g/mol. The zero-order valence-electron chi connectivity index (χ0n) is 15.6. The predicted molar refractivity (Wildman–Crippen MR) is 108 cm³/mol. The van der Waals surface area contributed by atoms with Gasteiger partial charge in [0.2, 0.25) is 5.88 Å². The van der Waals surface area contributed by atoms with Crippen LogP contribution in [0.1, 0.15) is 24.5 Å². The Morgan fingerprint density at radius 3 is 2.50 bits per heavy atom. The van der Waals surface area contributed by atoms with Gasteiger partial charge in [-0.15, -0.1) is 0 Å². The first-order valence-corrected chi connectivity index (χ1v) is 9.41. The molecule has 0 aliphatic rings. The van der Waals surface area contributed by atoms with Crippen LogP contribution in [0, 0.1) is 0 Å². The molecule has 2 N–H and O–H groups in total.